The molecule has 0 amide bonds. The van der Waals surface area contributed by atoms with E-state index in [1.54, 1.807) is 0 Å². The van der Waals surface area contributed by atoms with Crippen molar-refractivity contribution in [3.63, 3.8) is 0 Å². The van der Waals surface area contributed by atoms with E-state index < -0.39 is 61.4 Å². The van der Waals surface area contributed by atoms with Gasteiger partial charge in [-0.15, -0.1) is 0 Å². The van der Waals surface area contributed by atoms with Gasteiger partial charge in [0, 0.05) is 0 Å². The van der Waals surface area contributed by atoms with Crippen LogP contribution in [0.3, 0.4) is 0 Å². The molecule has 0 bridgehead atoms. The van der Waals surface area contributed by atoms with Crippen molar-refractivity contribution in [1.29, 1.82) is 0 Å². The van der Waals surface area contributed by atoms with Crippen molar-refractivity contribution in [3.05, 3.63) is 0 Å². The minimum Gasteiger partial charge on any atom is -0.388 e. The average molecular weight is 326 g/mol. The van der Waals surface area contributed by atoms with Crippen LogP contribution < -0.4 is 0 Å². The fraction of sp³-hybridized carbons (Fsp3) is 1.00. The molecule has 2 aliphatic heterocycles. The minimum atomic E-state index is -1.70. The lowest BCUT2D eigenvalue weighted by Crippen LogP contribution is -2.60. The zero-order chi connectivity index (χ0) is 16.6. The van der Waals surface area contributed by atoms with Crippen LogP contribution in [-0.4, -0.2) is 104 Å². The number of ether oxygens (including phenoxy) is 3. The molecular weight excluding hydrogens is 304 g/mol. The van der Waals surface area contributed by atoms with E-state index in [1.807, 2.05) is 0 Å². The van der Waals surface area contributed by atoms with Crippen molar-refractivity contribution in [2.75, 3.05) is 6.61 Å². The third kappa shape index (κ3) is 3.41. The van der Waals surface area contributed by atoms with Crippen molar-refractivity contribution in [2.24, 2.45) is 0 Å². The van der Waals surface area contributed by atoms with Gasteiger partial charge in [-0.25, -0.2) is 0 Å². The third-order valence-corrected chi connectivity index (χ3v) is 3.92. The van der Waals surface area contributed by atoms with Crippen molar-refractivity contribution >= 4 is 0 Å². The second-order valence-corrected chi connectivity index (χ2v) is 5.55. The smallest absolute Gasteiger partial charge is 0.186 e. The molecule has 7 N–H and O–H groups in total. The highest BCUT2D eigenvalue weighted by molar-refractivity contribution is 4.90. The van der Waals surface area contributed by atoms with Crippen molar-refractivity contribution in [1.82, 2.24) is 0 Å². The third-order valence-electron chi connectivity index (χ3n) is 3.92. The predicted molar refractivity (Wildman–Crippen MR) is 67.2 cm³/mol. The highest BCUT2D eigenvalue weighted by Crippen LogP contribution is 2.24. The van der Waals surface area contributed by atoms with Gasteiger partial charge in [0.15, 0.2) is 12.6 Å². The molecule has 0 aromatic carbocycles. The van der Waals surface area contributed by atoms with Crippen LogP contribution in [-0.2, 0) is 14.2 Å². The first-order chi connectivity index (χ1) is 10.2. The van der Waals surface area contributed by atoms with Gasteiger partial charge in [-0.3, -0.25) is 0 Å². The minimum absolute atomic E-state index is 0.390. The van der Waals surface area contributed by atoms with Gasteiger partial charge >= 0.3 is 0 Å². The van der Waals surface area contributed by atoms with Gasteiger partial charge in [-0.05, 0) is 6.92 Å². The molecule has 22 heavy (non-hydrogen) atoms. The molecule has 10 nitrogen and oxygen atoms in total. The Morgan fingerprint density at radius 1 is 0.727 bits per heavy atom. The fourth-order valence-corrected chi connectivity index (χ4v) is 2.41. The summed E-state index contributed by atoms with van der Waals surface area (Å²) < 4.78 is 15.3. The maximum Gasteiger partial charge on any atom is 0.186 e. The number of rotatable bonds is 3. The Morgan fingerprint density at radius 3 is 1.95 bits per heavy atom. The van der Waals surface area contributed by atoms with Crippen molar-refractivity contribution in [3.8, 4) is 0 Å². The first-order valence-electron chi connectivity index (χ1n) is 6.93. The summed E-state index contributed by atoms with van der Waals surface area (Å²) in [5.74, 6) is 0. The molecule has 130 valence electrons. The molecule has 0 spiro atoms. The summed E-state index contributed by atoms with van der Waals surface area (Å²) in [7, 11) is 0. The van der Waals surface area contributed by atoms with E-state index in [2.05, 4.69) is 0 Å². The lowest BCUT2D eigenvalue weighted by molar-refractivity contribution is -0.322. The Hall–Kier alpha value is -0.400. The predicted octanol–water partition coefficient (Wildman–Crippen LogP) is -4.37. The van der Waals surface area contributed by atoms with Gasteiger partial charge in [0.25, 0.3) is 0 Å². The quantitative estimate of drug-likeness (QED) is 0.269. The zero-order valence-corrected chi connectivity index (χ0v) is 11.8. The van der Waals surface area contributed by atoms with Crippen LogP contribution in [0, 0.1) is 0 Å². The van der Waals surface area contributed by atoms with E-state index in [1.165, 1.54) is 6.92 Å². The molecule has 2 fully saturated rings. The molecule has 0 aromatic rings. The van der Waals surface area contributed by atoms with E-state index in [9.17, 15) is 35.7 Å². The molecule has 2 aliphatic rings. The van der Waals surface area contributed by atoms with Gasteiger partial charge in [0.1, 0.15) is 42.7 Å². The Balaban J connectivity index is 1.92. The molecule has 2 heterocycles. The first kappa shape index (κ1) is 17.9. The standard InChI is InChI=1S/C12H22O10/c1-3-5(13)7(15)10(18)12(21-3)20-2-4-6(14)8(16)9(17)11(19)22-4/h3-19H,2H2,1H3/t3-,4+,5-,6+,7+,8-,9+,10+,11?,12+/m0/s1. The van der Waals surface area contributed by atoms with E-state index in [0.717, 1.165) is 0 Å². The van der Waals surface area contributed by atoms with E-state index in [0.29, 0.717) is 0 Å². The number of hydrogen-bond donors (Lipinski definition) is 7. The Morgan fingerprint density at radius 2 is 1.32 bits per heavy atom. The summed E-state index contributed by atoms with van der Waals surface area (Å²) in [6.07, 6.45) is -14.0. The monoisotopic (exact) mass is 326 g/mol. The van der Waals surface area contributed by atoms with Crippen LogP contribution in [0.25, 0.3) is 0 Å². The summed E-state index contributed by atoms with van der Waals surface area (Å²) in [6, 6.07) is 0. The van der Waals surface area contributed by atoms with E-state index >= 15 is 0 Å². The zero-order valence-electron chi connectivity index (χ0n) is 11.8. The van der Waals surface area contributed by atoms with Crippen LogP contribution in [0.15, 0.2) is 0 Å². The molecule has 0 aliphatic carbocycles. The normalized spacial score (nSPS) is 53.5. The first-order valence-corrected chi connectivity index (χ1v) is 6.93. The summed E-state index contributed by atoms with van der Waals surface area (Å²) in [4.78, 5) is 0. The molecule has 0 radical (unpaired) electrons. The maximum atomic E-state index is 9.76. The Bertz CT molecular complexity index is 334. The molecule has 0 saturated carbocycles. The highest BCUT2D eigenvalue weighted by Gasteiger charge is 2.45. The summed E-state index contributed by atoms with van der Waals surface area (Å²) in [5.41, 5.74) is 0. The lowest BCUT2D eigenvalue weighted by atomic mass is 9.99. The molecule has 1 unspecified atom stereocenters. The number of aliphatic hydroxyl groups excluding tert-OH is 7. The van der Waals surface area contributed by atoms with Gasteiger partial charge < -0.3 is 50.0 Å². The second-order valence-electron chi connectivity index (χ2n) is 5.55. The van der Waals surface area contributed by atoms with E-state index in [4.69, 9.17) is 14.2 Å². The topological polar surface area (TPSA) is 169 Å². The average Bonchev–Trinajstić information content (AvgIpc) is 2.49. The number of hydrogen-bond acceptors (Lipinski definition) is 10. The molecule has 2 saturated heterocycles. The Kier molecular flexibility index (Phi) is 5.72. The molecular formula is C12H22O10. The van der Waals surface area contributed by atoms with Crippen LogP contribution in [0.5, 0.6) is 0 Å². The number of aliphatic hydroxyl groups is 7. The fourth-order valence-electron chi connectivity index (χ4n) is 2.41. The second kappa shape index (κ2) is 7.01. The summed E-state index contributed by atoms with van der Waals surface area (Å²) in [6.45, 7) is 1.09. The van der Waals surface area contributed by atoms with Crippen LogP contribution in [0.4, 0.5) is 0 Å². The molecule has 2 rings (SSSR count). The summed E-state index contributed by atoms with van der Waals surface area (Å²) >= 11 is 0. The van der Waals surface area contributed by atoms with Crippen molar-refractivity contribution in [2.45, 2.75) is 68.3 Å². The molecule has 10 atom stereocenters. The van der Waals surface area contributed by atoms with Gasteiger partial charge in [-0.1, -0.05) is 0 Å². The Labute approximate surface area is 126 Å². The highest BCUT2D eigenvalue weighted by atomic mass is 16.7. The SMILES string of the molecule is C[C@@H]1O[C@@H](OC[C@H]2OC(O)[C@H](O)[C@@H](O)[C@@H]2O)[C@H](O)[C@H](O)[C@H]1O. The molecule has 0 aromatic heterocycles. The molecule has 10 heteroatoms. The van der Waals surface area contributed by atoms with Crippen LogP contribution in [0.1, 0.15) is 6.92 Å². The largest absolute Gasteiger partial charge is 0.388 e. The van der Waals surface area contributed by atoms with Crippen LogP contribution >= 0.6 is 0 Å². The van der Waals surface area contributed by atoms with Crippen LogP contribution in [0.2, 0.25) is 0 Å². The van der Waals surface area contributed by atoms with Gasteiger partial charge in [-0.2, -0.15) is 0 Å². The van der Waals surface area contributed by atoms with Crippen molar-refractivity contribution < 1.29 is 50.0 Å². The van der Waals surface area contributed by atoms with E-state index in [-0.39, 0.29) is 6.61 Å². The van der Waals surface area contributed by atoms with Gasteiger partial charge in [0.2, 0.25) is 0 Å². The maximum absolute atomic E-state index is 9.76. The summed E-state index contributed by atoms with van der Waals surface area (Å²) in [5, 5.41) is 67.0. The van der Waals surface area contributed by atoms with Gasteiger partial charge in [0.05, 0.1) is 12.7 Å². The lowest BCUT2D eigenvalue weighted by Gasteiger charge is -2.41.